The van der Waals surface area contributed by atoms with Crippen LogP contribution < -0.4 is 5.32 Å². The van der Waals surface area contributed by atoms with Crippen molar-refractivity contribution in [1.82, 2.24) is 5.32 Å². The Labute approximate surface area is 97.1 Å². The Kier molecular flexibility index (Phi) is 4.98. The molecule has 1 aromatic rings. The number of hydrogen-bond acceptors (Lipinski definition) is 5. The van der Waals surface area contributed by atoms with E-state index in [1.165, 1.54) is 11.3 Å². The minimum Gasteiger partial charge on any atom is -0.394 e. The van der Waals surface area contributed by atoms with Crippen LogP contribution in [-0.4, -0.2) is 40.7 Å². The Morgan fingerprint density at radius 1 is 1.20 bits per heavy atom. The fraction of sp³-hybridized carbons (Fsp3) is 0.556. The van der Waals surface area contributed by atoms with E-state index in [9.17, 15) is 0 Å². The molecular weight excluding hydrogens is 238 g/mol. The maximum atomic E-state index is 9.05. The molecule has 6 heteroatoms. The van der Waals surface area contributed by atoms with Gasteiger partial charge >= 0.3 is 0 Å². The van der Waals surface area contributed by atoms with Gasteiger partial charge < -0.3 is 20.6 Å². The van der Waals surface area contributed by atoms with E-state index in [0.29, 0.717) is 10.9 Å². The molecule has 0 aliphatic carbocycles. The van der Waals surface area contributed by atoms with Gasteiger partial charge in [0.15, 0.2) is 0 Å². The molecule has 4 nitrogen and oxygen atoms in total. The van der Waals surface area contributed by atoms with Crippen LogP contribution >= 0.6 is 22.9 Å². The summed E-state index contributed by atoms with van der Waals surface area (Å²) in [6.07, 6.45) is 0. The third-order valence-electron chi connectivity index (χ3n) is 2.17. The van der Waals surface area contributed by atoms with Gasteiger partial charge in [-0.05, 0) is 12.1 Å². The quantitative estimate of drug-likeness (QED) is 0.583. The van der Waals surface area contributed by atoms with E-state index in [0.717, 1.165) is 4.88 Å². The number of thiophene rings is 1. The summed E-state index contributed by atoms with van der Waals surface area (Å²) in [5.41, 5.74) is -1.03. The second kappa shape index (κ2) is 5.79. The molecule has 0 fully saturated rings. The molecule has 0 saturated carbocycles. The minimum atomic E-state index is -1.03. The summed E-state index contributed by atoms with van der Waals surface area (Å²) in [7, 11) is 0. The first-order chi connectivity index (χ1) is 7.15. The van der Waals surface area contributed by atoms with Gasteiger partial charge in [-0.2, -0.15) is 0 Å². The van der Waals surface area contributed by atoms with Crippen molar-refractivity contribution in [1.29, 1.82) is 0 Å². The molecule has 1 rings (SSSR count). The molecule has 0 unspecified atom stereocenters. The Bertz CT molecular complexity index is 293. The van der Waals surface area contributed by atoms with Crippen LogP contribution in [0.1, 0.15) is 4.88 Å². The average molecular weight is 252 g/mol. The van der Waals surface area contributed by atoms with Gasteiger partial charge in [0, 0.05) is 11.4 Å². The summed E-state index contributed by atoms with van der Waals surface area (Å²) < 4.78 is 0.689. The smallest absolute Gasteiger partial charge is 0.0931 e. The highest BCUT2D eigenvalue weighted by atomic mass is 35.5. The number of aliphatic hydroxyl groups excluding tert-OH is 3. The predicted molar refractivity (Wildman–Crippen MR) is 60.2 cm³/mol. The first-order valence-electron chi connectivity index (χ1n) is 4.47. The number of halogens is 1. The Balaban J connectivity index is 2.54. The molecule has 0 spiro atoms. The van der Waals surface area contributed by atoms with Crippen molar-refractivity contribution in [2.45, 2.75) is 12.1 Å². The second-order valence-corrected chi connectivity index (χ2v) is 5.11. The van der Waals surface area contributed by atoms with Gasteiger partial charge in [0.1, 0.15) is 0 Å². The van der Waals surface area contributed by atoms with E-state index in [1.807, 2.05) is 6.07 Å². The van der Waals surface area contributed by atoms with Gasteiger partial charge in [0.05, 0.1) is 29.7 Å². The third kappa shape index (κ3) is 3.41. The maximum Gasteiger partial charge on any atom is 0.0931 e. The van der Waals surface area contributed by atoms with Crippen molar-refractivity contribution in [3.8, 4) is 0 Å². The molecule has 0 radical (unpaired) electrons. The molecular formula is C9H14ClNO3S. The average Bonchev–Trinajstić information content (AvgIpc) is 2.67. The Hall–Kier alpha value is -0.170. The highest BCUT2D eigenvalue weighted by molar-refractivity contribution is 7.16. The van der Waals surface area contributed by atoms with E-state index >= 15 is 0 Å². The maximum absolute atomic E-state index is 9.05. The summed E-state index contributed by atoms with van der Waals surface area (Å²) in [6.45, 7) is -0.504. The monoisotopic (exact) mass is 251 g/mol. The standard InChI is InChI=1S/C9H14ClNO3S/c10-8-2-1-7(15-8)3-11-9(4-12,5-13)6-14/h1-2,11-14H,3-6H2. The first-order valence-corrected chi connectivity index (χ1v) is 5.67. The van der Waals surface area contributed by atoms with Crippen molar-refractivity contribution in [3.63, 3.8) is 0 Å². The number of hydrogen-bond donors (Lipinski definition) is 4. The van der Waals surface area contributed by atoms with Crippen LogP contribution in [-0.2, 0) is 6.54 Å². The fourth-order valence-electron chi connectivity index (χ4n) is 1.04. The van der Waals surface area contributed by atoms with Crippen LogP contribution in [0.3, 0.4) is 0 Å². The van der Waals surface area contributed by atoms with Gasteiger partial charge in [-0.3, -0.25) is 0 Å². The molecule has 1 aromatic heterocycles. The van der Waals surface area contributed by atoms with Gasteiger partial charge in [-0.1, -0.05) is 11.6 Å². The lowest BCUT2D eigenvalue weighted by Crippen LogP contribution is -2.54. The predicted octanol–water partition coefficient (Wildman–Crippen LogP) is 0.207. The molecule has 1 heterocycles. The normalized spacial score (nSPS) is 12.0. The highest BCUT2D eigenvalue weighted by Gasteiger charge is 2.27. The molecule has 0 bridgehead atoms. The van der Waals surface area contributed by atoms with E-state index in [1.54, 1.807) is 6.07 Å². The number of aliphatic hydroxyl groups is 3. The molecule has 0 aliphatic rings. The molecule has 0 aromatic carbocycles. The van der Waals surface area contributed by atoms with Crippen molar-refractivity contribution in [2.75, 3.05) is 19.8 Å². The molecule has 4 N–H and O–H groups in total. The number of nitrogens with one attached hydrogen (secondary N) is 1. The van der Waals surface area contributed by atoms with E-state index in [4.69, 9.17) is 26.9 Å². The summed E-state index contributed by atoms with van der Waals surface area (Å²) >= 11 is 7.17. The zero-order valence-electron chi connectivity index (χ0n) is 8.11. The zero-order valence-corrected chi connectivity index (χ0v) is 9.68. The van der Waals surface area contributed by atoms with Crippen molar-refractivity contribution in [3.05, 3.63) is 21.3 Å². The molecule has 0 atom stereocenters. The largest absolute Gasteiger partial charge is 0.394 e. The van der Waals surface area contributed by atoms with Gasteiger partial charge in [0.25, 0.3) is 0 Å². The molecule has 0 amide bonds. The fourth-order valence-corrected chi connectivity index (χ4v) is 2.07. The van der Waals surface area contributed by atoms with E-state index in [-0.39, 0.29) is 19.8 Å². The lowest BCUT2D eigenvalue weighted by Gasteiger charge is -2.28. The van der Waals surface area contributed by atoms with Gasteiger partial charge in [-0.25, -0.2) is 0 Å². The SMILES string of the molecule is OCC(CO)(CO)NCc1ccc(Cl)s1. The lowest BCUT2D eigenvalue weighted by atomic mass is 10.0. The molecule has 86 valence electrons. The Morgan fingerprint density at radius 2 is 1.80 bits per heavy atom. The zero-order chi connectivity index (χ0) is 11.3. The summed E-state index contributed by atoms with van der Waals surface area (Å²) in [5, 5.41) is 30.1. The summed E-state index contributed by atoms with van der Waals surface area (Å²) in [6, 6.07) is 3.64. The number of rotatable bonds is 6. The summed E-state index contributed by atoms with van der Waals surface area (Å²) in [5.74, 6) is 0. The molecule has 0 aliphatic heterocycles. The van der Waals surface area contributed by atoms with E-state index in [2.05, 4.69) is 5.32 Å². The van der Waals surface area contributed by atoms with Crippen molar-refractivity contribution in [2.24, 2.45) is 0 Å². The van der Waals surface area contributed by atoms with Crippen LogP contribution in [0.2, 0.25) is 4.34 Å². The van der Waals surface area contributed by atoms with E-state index < -0.39 is 5.54 Å². The second-order valence-electron chi connectivity index (χ2n) is 3.31. The lowest BCUT2D eigenvalue weighted by molar-refractivity contribution is 0.0415. The van der Waals surface area contributed by atoms with Crippen LogP contribution in [0.4, 0.5) is 0 Å². The van der Waals surface area contributed by atoms with Crippen LogP contribution in [0.15, 0.2) is 12.1 Å². The first kappa shape index (κ1) is 12.9. The van der Waals surface area contributed by atoms with Gasteiger partial charge in [0.2, 0.25) is 0 Å². The van der Waals surface area contributed by atoms with Crippen LogP contribution in [0, 0.1) is 0 Å². The third-order valence-corrected chi connectivity index (χ3v) is 3.41. The summed E-state index contributed by atoms with van der Waals surface area (Å²) in [4.78, 5) is 0.986. The highest BCUT2D eigenvalue weighted by Crippen LogP contribution is 2.21. The molecule has 0 saturated heterocycles. The van der Waals surface area contributed by atoms with Gasteiger partial charge in [-0.15, -0.1) is 11.3 Å². The van der Waals surface area contributed by atoms with Crippen molar-refractivity contribution >= 4 is 22.9 Å². The molecule has 15 heavy (non-hydrogen) atoms. The van der Waals surface area contributed by atoms with Crippen molar-refractivity contribution < 1.29 is 15.3 Å². The van der Waals surface area contributed by atoms with Crippen LogP contribution in [0.25, 0.3) is 0 Å². The Morgan fingerprint density at radius 3 is 2.20 bits per heavy atom. The minimum absolute atomic E-state index is 0.320. The van der Waals surface area contributed by atoms with Crippen LogP contribution in [0.5, 0.6) is 0 Å². The topological polar surface area (TPSA) is 72.7 Å².